The molecular weight excluding hydrogens is 396 g/mol. The summed E-state index contributed by atoms with van der Waals surface area (Å²) in [6.45, 7) is 2.13. The van der Waals surface area contributed by atoms with Crippen molar-refractivity contribution >= 4 is 17.8 Å². The number of pyridine rings is 2. The van der Waals surface area contributed by atoms with Crippen LogP contribution in [-0.2, 0) is 16.1 Å². The molecular formula is C22H24N6O3. The average molecular weight is 420 g/mol. The van der Waals surface area contributed by atoms with Crippen LogP contribution >= 0.6 is 0 Å². The van der Waals surface area contributed by atoms with Crippen molar-refractivity contribution in [3.63, 3.8) is 0 Å². The Labute approximate surface area is 179 Å². The molecule has 0 bridgehead atoms. The minimum absolute atomic E-state index is 0.140. The number of ether oxygens (including phenoxy) is 1. The standard InChI is InChI=1S/C22H24N6O3/c1-14(18-7-3-5-9-24-18)21(29)26-20-12-19(27-28-20)15-10-17(11-15)31-22(30)25-13-16-6-2-4-8-23-16/h2-9,12,14-15,17H,10-11,13H2,1H3,(H,25,30)(H2,26,27,28,29)/t14?,15-,17+. The maximum atomic E-state index is 12.4. The number of hydrogen-bond donors (Lipinski definition) is 3. The summed E-state index contributed by atoms with van der Waals surface area (Å²) in [5.41, 5.74) is 2.39. The third kappa shape index (κ3) is 5.25. The van der Waals surface area contributed by atoms with E-state index >= 15 is 0 Å². The van der Waals surface area contributed by atoms with Gasteiger partial charge in [-0.1, -0.05) is 12.1 Å². The number of nitrogens with one attached hydrogen (secondary N) is 3. The number of H-pyrrole nitrogens is 1. The topological polar surface area (TPSA) is 122 Å². The molecule has 0 aromatic carbocycles. The van der Waals surface area contributed by atoms with Gasteiger partial charge in [-0.25, -0.2) is 4.79 Å². The summed E-state index contributed by atoms with van der Waals surface area (Å²) in [6, 6.07) is 12.8. The number of carbonyl (C=O) groups excluding carboxylic acids is 2. The lowest BCUT2D eigenvalue weighted by Gasteiger charge is -2.33. The van der Waals surface area contributed by atoms with Gasteiger partial charge in [0.1, 0.15) is 6.10 Å². The highest BCUT2D eigenvalue weighted by Crippen LogP contribution is 2.38. The fourth-order valence-electron chi connectivity index (χ4n) is 3.38. The van der Waals surface area contributed by atoms with Crippen LogP contribution in [0.15, 0.2) is 54.9 Å². The van der Waals surface area contributed by atoms with Crippen molar-refractivity contribution in [2.24, 2.45) is 0 Å². The van der Waals surface area contributed by atoms with Crippen LogP contribution in [0.1, 0.15) is 48.7 Å². The fraction of sp³-hybridized carbons (Fsp3) is 0.318. The molecule has 1 aliphatic rings. The van der Waals surface area contributed by atoms with Crippen molar-refractivity contribution in [1.82, 2.24) is 25.5 Å². The molecule has 9 heteroatoms. The Balaban J connectivity index is 1.21. The molecule has 9 nitrogen and oxygen atoms in total. The van der Waals surface area contributed by atoms with E-state index in [0.717, 1.165) is 11.4 Å². The number of anilines is 1. The Morgan fingerprint density at radius 1 is 1.16 bits per heavy atom. The molecule has 160 valence electrons. The van der Waals surface area contributed by atoms with Gasteiger partial charge in [-0.05, 0) is 44.0 Å². The van der Waals surface area contributed by atoms with Gasteiger partial charge in [0.2, 0.25) is 5.91 Å². The summed E-state index contributed by atoms with van der Waals surface area (Å²) < 4.78 is 5.42. The van der Waals surface area contributed by atoms with Gasteiger partial charge in [0, 0.05) is 30.1 Å². The molecule has 3 heterocycles. The van der Waals surface area contributed by atoms with Crippen LogP contribution in [-0.4, -0.2) is 38.3 Å². The van der Waals surface area contributed by atoms with Gasteiger partial charge in [0.05, 0.1) is 23.9 Å². The zero-order chi connectivity index (χ0) is 21.6. The molecule has 1 unspecified atom stereocenters. The van der Waals surface area contributed by atoms with E-state index in [-0.39, 0.29) is 23.8 Å². The number of hydrogen-bond acceptors (Lipinski definition) is 6. The molecule has 0 saturated heterocycles. The van der Waals surface area contributed by atoms with Crippen LogP contribution < -0.4 is 10.6 Å². The molecule has 1 atom stereocenters. The van der Waals surface area contributed by atoms with E-state index in [0.29, 0.717) is 30.9 Å². The van der Waals surface area contributed by atoms with Crippen LogP contribution in [0.2, 0.25) is 0 Å². The van der Waals surface area contributed by atoms with E-state index in [9.17, 15) is 9.59 Å². The third-order valence-electron chi connectivity index (χ3n) is 5.32. The first-order valence-electron chi connectivity index (χ1n) is 10.2. The summed E-state index contributed by atoms with van der Waals surface area (Å²) in [5, 5.41) is 12.7. The summed E-state index contributed by atoms with van der Waals surface area (Å²) in [5.74, 6) is 0.129. The summed E-state index contributed by atoms with van der Waals surface area (Å²) in [6.07, 6.45) is 4.17. The molecule has 1 saturated carbocycles. The fourth-order valence-corrected chi connectivity index (χ4v) is 3.38. The van der Waals surface area contributed by atoms with E-state index in [1.165, 1.54) is 0 Å². The van der Waals surface area contributed by atoms with Crippen LogP contribution in [0.5, 0.6) is 0 Å². The monoisotopic (exact) mass is 420 g/mol. The van der Waals surface area contributed by atoms with E-state index in [1.54, 1.807) is 19.3 Å². The highest BCUT2D eigenvalue weighted by molar-refractivity contribution is 5.94. The number of nitrogens with zero attached hydrogens (tertiary/aromatic N) is 3. The van der Waals surface area contributed by atoms with Crippen LogP contribution in [0.3, 0.4) is 0 Å². The Hall–Kier alpha value is -3.75. The number of amides is 2. The molecule has 0 aliphatic heterocycles. The van der Waals surface area contributed by atoms with Crippen molar-refractivity contribution in [1.29, 1.82) is 0 Å². The Bertz CT molecular complexity index is 1020. The van der Waals surface area contributed by atoms with E-state index < -0.39 is 6.09 Å². The predicted molar refractivity (Wildman–Crippen MR) is 113 cm³/mol. The van der Waals surface area contributed by atoms with Gasteiger partial charge in [-0.15, -0.1) is 0 Å². The van der Waals surface area contributed by atoms with Crippen molar-refractivity contribution < 1.29 is 14.3 Å². The minimum atomic E-state index is -0.449. The summed E-state index contributed by atoms with van der Waals surface area (Å²) >= 11 is 0. The van der Waals surface area contributed by atoms with Gasteiger partial charge in [0.15, 0.2) is 5.82 Å². The third-order valence-corrected chi connectivity index (χ3v) is 5.32. The van der Waals surface area contributed by atoms with Gasteiger partial charge >= 0.3 is 6.09 Å². The maximum absolute atomic E-state index is 12.4. The average Bonchev–Trinajstić information content (AvgIpc) is 3.23. The maximum Gasteiger partial charge on any atom is 0.407 e. The molecule has 2 amide bonds. The second kappa shape index (κ2) is 9.38. The van der Waals surface area contributed by atoms with E-state index in [4.69, 9.17) is 4.74 Å². The highest BCUT2D eigenvalue weighted by Gasteiger charge is 2.34. The van der Waals surface area contributed by atoms with Crippen molar-refractivity contribution in [2.45, 2.75) is 44.2 Å². The van der Waals surface area contributed by atoms with Gasteiger partial charge in [-0.2, -0.15) is 5.10 Å². The molecule has 3 aromatic rings. The van der Waals surface area contributed by atoms with Crippen LogP contribution in [0.4, 0.5) is 10.6 Å². The lowest BCUT2D eigenvalue weighted by atomic mass is 9.80. The minimum Gasteiger partial charge on any atom is -0.446 e. The lowest BCUT2D eigenvalue weighted by Crippen LogP contribution is -2.36. The first kappa shape index (κ1) is 20.5. The summed E-state index contributed by atoms with van der Waals surface area (Å²) in [7, 11) is 0. The van der Waals surface area contributed by atoms with Crippen molar-refractivity contribution in [2.75, 3.05) is 5.32 Å². The van der Waals surface area contributed by atoms with Crippen LogP contribution in [0, 0.1) is 0 Å². The number of carbonyl (C=O) groups is 2. The number of rotatable bonds is 7. The zero-order valence-electron chi connectivity index (χ0n) is 17.1. The smallest absolute Gasteiger partial charge is 0.407 e. The first-order chi connectivity index (χ1) is 15.1. The second-order valence-corrected chi connectivity index (χ2v) is 7.54. The normalized spacial score (nSPS) is 18.5. The quantitative estimate of drug-likeness (QED) is 0.540. The largest absolute Gasteiger partial charge is 0.446 e. The first-order valence-corrected chi connectivity index (χ1v) is 10.2. The van der Waals surface area contributed by atoms with Gasteiger partial charge < -0.3 is 15.4 Å². The highest BCUT2D eigenvalue weighted by atomic mass is 16.6. The Kier molecular flexibility index (Phi) is 6.21. The molecule has 4 rings (SSSR count). The predicted octanol–water partition coefficient (Wildman–Crippen LogP) is 3.11. The van der Waals surface area contributed by atoms with Gasteiger partial charge in [0.25, 0.3) is 0 Å². The molecule has 1 aliphatic carbocycles. The van der Waals surface area contributed by atoms with Crippen LogP contribution in [0.25, 0.3) is 0 Å². The number of alkyl carbamates (subject to hydrolysis) is 1. The molecule has 3 aromatic heterocycles. The molecule has 0 spiro atoms. The van der Waals surface area contributed by atoms with Gasteiger partial charge in [-0.3, -0.25) is 19.9 Å². The lowest BCUT2D eigenvalue weighted by molar-refractivity contribution is -0.117. The molecule has 31 heavy (non-hydrogen) atoms. The Morgan fingerprint density at radius 2 is 1.94 bits per heavy atom. The van der Waals surface area contributed by atoms with Crippen molar-refractivity contribution in [3.05, 3.63) is 71.9 Å². The number of aromatic nitrogens is 4. The molecule has 1 fully saturated rings. The zero-order valence-corrected chi connectivity index (χ0v) is 17.1. The molecule has 0 radical (unpaired) electrons. The van der Waals surface area contributed by atoms with Crippen molar-refractivity contribution in [3.8, 4) is 0 Å². The Morgan fingerprint density at radius 3 is 2.65 bits per heavy atom. The molecule has 3 N–H and O–H groups in total. The van der Waals surface area contributed by atoms with E-state index in [2.05, 4.69) is 30.8 Å². The summed E-state index contributed by atoms with van der Waals surface area (Å²) in [4.78, 5) is 32.7. The van der Waals surface area contributed by atoms with E-state index in [1.807, 2.05) is 42.5 Å². The second-order valence-electron chi connectivity index (χ2n) is 7.54. The SMILES string of the molecule is CC(C(=O)Nc1cc([C@H]2C[C@@H](OC(=O)NCc3ccccn3)C2)[nH]n1)c1ccccn1. The number of aromatic amines is 1.